The standard InChI is InChI=1S/C9H13NO3S/c1-7-3-6-14-8(7)9(11)10-13-5-4-12-2/h3,6H,4-5H2,1-2H3,(H,10,11). The van der Waals surface area contributed by atoms with Gasteiger partial charge in [0.05, 0.1) is 18.1 Å². The number of nitrogens with one attached hydrogen (secondary N) is 1. The average molecular weight is 215 g/mol. The normalized spacial score (nSPS) is 10.1. The molecule has 0 aromatic carbocycles. The molecule has 1 heterocycles. The SMILES string of the molecule is COCCONC(=O)c1sccc1C. The van der Waals surface area contributed by atoms with Crippen molar-refractivity contribution in [3.8, 4) is 0 Å². The molecule has 0 bridgehead atoms. The van der Waals surface area contributed by atoms with Gasteiger partial charge in [-0.1, -0.05) is 0 Å². The lowest BCUT2D eigenvalue weighted by Gasteiger charge is -2.04. The van der Waals surface area contributed by atoms with Crippen LogP contribution in [0.1, 0.15) is 15.2 Å². The molecular formula is C9H13NO3S. The van der Waals surface area contributed by atoms with Crippen LogP contribution >= 0.6 is 11.3 Å². The Morgan fingerprint density at radius 1 is 1.57 bits per heavy atom. The van der Waals surface area contributed by atoms with Crippen LogP contribution in [-0.2, 0) is 9.57 Å². The van der Waals surface area contributed by atoms with Crippen molar-refractivity contribution in [2.75, 3.05) is 20.3 Å². The smallest absolute Gasteiger partial charge is 0.285 e. The number of hydroxylamine groups is 1. The van der Waals surface area contributed by atoms with Crippen LogP contribution < -0.4 is 5.48 Å². The van der Waals surface area contributed by atoms with Gasteiger partial charge >= 0.3 is 0 Å². The number of aryl methyl sites for hydroxylation is 1. The third kappa shape index (κ3) is 3.10. The molecule has 0 atom stereocenters. The Morgan fingerprint density at radius 3 is 2.93 bits per heavy atom. The van der Waals surface area contributed by atoms with Crippen LogP contribution in [0.2, 0.25) is 0 Å². The molecule has 0 saturated carbocycles. The van der Waals surface area contributed by atoms with Crippen molar-refractivity contribution in [3.63, 3.8) is 0 Å². The number of rotatable bonds is 5. The highest BCUT2D eigenvalue weighted by Crippen LogP contribution is 2.14. The minimum atomic E-state index is -0.200. The third-order valence-electron chi connectivity index (χ3n) is 1.62. The summed E-state index contributed by atoms with van der Waals surface area (Å²) in [5.41, 5.74) is 3.31. The number of amides is 1. The van der Waals surface area contributed by atoms with E-state index >= 15 is 0 Å². The van der Waals surface area contributed by atoms with Gasteiger partial charge in [-0.15, -0.1) is 11.3 Å². The van der Waals surface area contributed by atoms with Crippen LogP contribution in [0.5, 0.6) is 0 Å². The Hall–Kier alpha value is -0.910. The number of hydrogen-bond acceptors (Lipinski definition) is 4. The average Bonchev–Trinajstić information content (AvgIpc) is 2.59. The molecule has 1 aromatic rings. The molecule has 1 amide bonds. The summed E-state index contributed by atoms with van der Waals surface area (Å²) in [6, 6.07) is 1.90. The zero-order chi connectivity index (χ0) is 10.4. The molecule has 1 N–H and O–H groups in total. The molecule has 4 nitrogen and oxygen atoms in total. The number of ether oxygens (including phenoxy) is 1. The predicted octanol–water partition coefficient (Wildman–Crippen LogP) is 1.36. The third-order valence-corrected chi connectivity index (χ3v) is 2.64. The van der Waals surface area contributed by atoms with Crippen molar-refractivity contribution < 1.29 is 14.4 Å². The quantitative estimate of drug-likeness (QED) is 0.596. The minimum Gasteiger partial charge on any atom is -0.382 e. The highest BCUT2D eigenvalue weighted by Gasteiger charge is 2.09. The van der Waals surface area contributed by atoms with E-state index in [2.05, 4.69) is 5.48 Å². The monoisotopic (exact) mass is 215 g/mol. The summed E-state index contributed by atoms with van der Waals surface area (Å²) in [5, 5.41) is 1.87. The first kappa shape index (κ1) is 11.2. The summed E-state index contributed by atoms with van der Waals surface area (Å²) in [6.07, 6.45) is 0. The molecule has 5 heteroatoms. The number of hydrogen-bond donors (Lipinski definition) is 1. The van der Waals surface area contributed by atoms with Crippen molar-refractivity contribution in [2.24, 2.45) is 0 Å². The van der Waals surface area contributed by atoms with Crippen molar-refractivity contribution in [1.82, 2.24) is 5.48 Å². The Morgan fingerprint density at radius 2 is 2.36 bits per heavy atom. The molecule has 78 valence electrons. The lowest BCUT2D eigenvalue weighted by Crippen LogP contribution is -2.25. The van der Waals surface area contributed by atoms with Gasteiger partial charge < -0.3 is 4.74 Å². The Bertz CT molecular complexity index is 298. The maximum Gasteiger partial charge on any atom is 0.285 e. The van der Waals surface area contributed by atoms with Gasteiger partial charge in [-0.05, 0) is 23.9 Å². The second-order valence-corrected chi connectivity index (χ2v) is 3.62. The van der Waals surface area contributed by atoms with E-state index in [1.54, 1.807) is 7.11 Å². The lowest BCUT2D eigenvalue weighted by atomic mass is 10.3. The molecular weight excluding hydrogens is 202 g/mol. The summed E-state index contributed by atoms with van der Waals surface area (Å²) in [7, 11) is 1.58. The number of methoxy groups -OCH3 is 1. The van der Waals surface area contributed by atoms with Crippen LogP contribution in [0, 0.1) is 6.92 Å². The van der Waals surface area contributed by atoms with E-state index in [4.69, 9.17) is 9.57 Å². The Balaban J connectivity index is 2.32. The summed E-state index contributed by atoms with van der Waals surface area (Å²) in [5.74, 6) is -0.200. The van der Waals surface area contributed by atoms with Crippen molar-refractivity contribution in [3.05, 3.63) is 21.9 Å². The maximum atomic E-state index is 11.4. The Kier molecular flexibility index (Phi) is 4.58. The predicted molar refractivity (Wildman–Crippen MR) is 54.4 cm³/mol. The fraction of sp³-hybridized carbons (Fsp3) is 0.444. The zero-order valence-corrected chi connectivity index (χ0v) is 9.02. The maximum absolute atomic E-state index is 11.4. The van der Waals surface area contributed by atoms with Crippen molar-refractivity contribution in [2.45, 2.75) is 6.92 Å². The molecule has 0 radical (unpaired) electrons. The Labute approximate surface area is 86.8 Å². The van der Waals surface area contributed by atoms with Gasteiger partial charge in [0.15, 0.2) is 0 Å². The van der Waals surface area contributed by atoms with Crippen LogP contribution in [0.3, 0.4) is 0 Å². The van der Waals surface area contributed by atoms with Crippen molar-refractivity contribution in [1.29, 1.82) is 0 Å². The van der Waals surface area contributed by atoms with Gasteiger partial charge in [-0.2, -0.15) is 0 Å². The molecule has 14 heavy (non-hydrogen) atoms. The molecule has 0 unspecified atom stereocenters. The van der Waals surface area contributed by atoms with Crippen molar-refractivity contribution >= 4 is 17.2 Å². The van der Waals surface area contributed by atoms with Gasteiger partial charge in [-0.25, -0.2) is 5.48 Å². The summed E-state index contributed by atoms with van der Waals surface area (Å²) in [4.78, 5) is 17.0. The highest BCUT2D eigenvalue weighted by atomic mass is 32.1. The molecule has 0 aliphatic rings. The van der Waals surface area contributed by atoms with Gasteiger partial charge in [0, 0.05) is 7.11 Å². The topological polar surface area (TPSA) is 47.6 Å². The fourth-order valence-electron chi connectivity index (χ4n) is 0.893. The van der Waals surface area contributed by atoms with E-state index in [1.165, 1.54) is 11.3 Å². The fourth-order valence-corrected chi connectivity index (χ4v) is 1.70. The molecule has 1 rings (SSSR count). The molecule has 0 spiro atoms. The summed E-state index contributed by atoms with van der Waals surface area (Å²) >= 11 is 1.40. The van der Waals surface area contributed by atoms with Crippen LogP contribution in [0.25, 0.3) is 0 Å². The first-order valence-corrected chi connectivity index (χ1v) is 5.09. The van der Waals surface area contributed by atoms with Crippen LogP contribution in [0.15, 0.2) is 11.4 Å². The first-order valence-electron chi connectivity index (χ1n) is 4.21. The summed E-state index contributed by atoms with van der Waals surface area (Å²) < 4.78 is 4.76. The highest BCUT2D eigenvalue weighted by molar-refractivity contribution is 7.12. The molecule has 0 saturated heterocycles. The van der Waals surface area contributed by atoms with E-state index in [9.17, 15) is 4.79 Å². The van der Waals surface area contributed by atoms with Crippen LogP contribution in [-0.4, -0.2) is 26.2 Å². The van der Waals surface area contributed by atoms with Crippen LogP contribution in [0.4, 0.5) is 0 Å². The number of carbonyl (C=O) groups is 1. The van der Waals surface area contributed by atoms with E-state index < -0.39 is 0 Å². The second-order valence-electron chi connectivity index (χ2n) is 2.71. The zero-order valence-electron chi connectivity index (χ0n) is 8.20. The van der Waals surface area contributed by atoms with E-state index in [1.807, 2.05) is 18.4 Å². The molecule has 0 aliphatic carbocycles. The molecule has 1 aromatic heterocycles. The van der Waals surface area contributed by atoms with E-state index in [0.717, 1.165) is 5.56 Å². The lowest BCUT2D eigenvalue weighted by molar-refractivity contribution is 0.00911. The minimum absolute atomic E-state index is 0.200. The number of thiophene rings is 1. The second kappa shape index (κ2) is 5.74. The first-order chi connectivity index (χ1) is 6.75. The van der Waals surface area contributed by atoms with Gasteiger partial charge in [0.25, 0.3) is 5.91 Å². The molecule has 0 fully saturated rings. The van der Waals surface area contributed by atoms with E-state index in [0.29, 0.717) is 18.1 Å². The molecule has 0 aliphatic heterocycles. The van der Waals surface area contributed by atoms with Gasteiger partial charge in [-0.3, -0.25) is 9.63 Å². The largest absolute Gasteiger partial charge is 0.382 e. The summed E-state index contributed by atoms with van der Waals surface area (Å²) in [6.45, 7) is 2.71. The van der Waals surface area contributed by atoms with E-state index in [-0.39, 0.29) is 5.91 Å². The van der Waals surface area contributed by atoms with Gasteiger partial charge in [0.2, 0.25) is 0 Å². The van der Waals surface area contributed by atoms with Gasteiger partial charge in [0.1, 0.15) is 0 Å². The number of carbonyl (C=O) groups excluding carboxylic acids is 1.